The largest absolute Gasteiger partial charge is 0.573 e. The van der Waals surface area contributed by atoms with E-state index in [1.807, 2.05) is 24.3 Å². The first-order valence-electron chi connectivity index (χ1n) is 14.5. The molecule has 236 valence electrons. The molecule has 13 heteroatoms. The van der Waals surface area contributed by atoms with E-state index < -0.39 is 30.0 Å². The zero-order chi connectivity index (χ0) is 32.0. The number of urea groups is 1. The Morgan fingerprint density at radius 2 is 1.69 bits per heavy atom. The number of carbonyl (C=O) groups is 3. The van der Waals surface area contributed by atoms with Gasteiger partial charge in [0.1, 0.15) is 5.75 Å². The summed E-state index contributed by atoms with van der Waals surface area (Å²) in [6.07, 6.45) is 0.782. The molecule has 1 fully saturated rings. The molecule has 3 amide bonds. The summed E-state index contributed by atoms with van der Waals surface area (Å²) in [5.74, 6) is -1.36. The molecule has 3 N–H and O–H groups in total. The highest BCUT2D eigenvalue weighted by Gasteiger charge is 2.32. The molecule has 1 aliphatic carbocycles. The Kier molecular flexibility index (Phi) is 9.87. The zero-order valence-corrected chi connectivity index (χ0v) is 24.9. The number of nitrogens with one attached hydrogen (secondary N) is 2. The number of hydrogen-bond donors (Lipinski definition) is 3. The lowest BCUT2D eigenvalue weighted by Gasteiger charge is -2.25. The number of halogens is 3. The van der Waals surface area contributed by atoms with E-state index in [4.69, 9.17) is 5.11 Å². The number of aliphatic carboxylic acids is 1. The van der Waals surface area contributed by atoms with E-state index in [1.54, 1.807) is 24.3 Å². The molecule has 1 saturated carbocycles. The van der Waals surface area contributed by atoms with Crippen molar-refractivity contribution in [1.29, 1.82) is 0 Å². The molecule has 0 radical (unpaired) electrons. The molecular formula is C32H31F3N4O5S. The Balaban J connectivity index is 1.37. The average Bonchev–Trinajstić information content (AvgIpc) is 3.43. The summed E-state index contributed by atoms with van der Waals surface area (Å²) in [5.41, 5.74) is 3.10. The quantitative estimate of drug-likeness (QED) is 0.164. The number of carbonyl (C=O) groups excluding carboxylic acids is 2. The Morgan fingerprint density at radius 1 is 0.978 bits per heavy atom. The van der Waals surface area contributed by atoms with Gasteiger partial charge in [0, 0.05) is 17.8 Å². The maximum absolute atomic E-state index is 13.7. The number of amides is 3. The molecule has 1 aromatic heterocycles. The number of aromatic nitrogens is 1. The first-order chi connectivity index (χ1) is 21.6. The topological polar surface area (TPSA) is 121 Å². The minimum Gasteiger partial charge on any atom is -0.481 e. The zero-order valence-electron chi connectivity index (χ0n) is 24.1. The minimum absolute atomic E-state index is 0.00366. The lowest BCUT2D eigenvalue weighted by Crippen LogP contribution is -2.34. The highest BCUT2D eigenvalue weighted by Crippen LogP contribution is 2.37. The van der Waals surface area contributed by atoms with E-state index >= 15 is 0 Å². The Morgan fingerprint density at radius 3 is 2.36 bits per heavy atom. The van der Waals surface area contributed by atoms with Gasteiger partial charge in [-0.2, -0.15) is 0 Å². The highest BCUT2D eigenvalue weighted by atomic mass is 32.1. The number of thiazole rings is 1. The molecule has 0 saturated heterocycles. The van der Waals surface area contributed by atoms with Gasteiger partial charge in [-0.3, -0.25) is 19.8 Å². The number of fused-ring (bicyclic) bond motifs is 1. The van der Waals surface area contributed by atoms with Crippen LogP contribution in [0, 0.1) is 0 Å². The molecule has 0 bridgehead atoms. The normalized spacial score (nSPS) is 13.8. The van der Waals surface area contributed by atoms with Crippen molar-refractivity contribution in [2.45, 2.75) is 57.3 Å². The molecule has 0 aliphatic heterocycles. The summed E-state index contributed by atoms with van der Waals surface area (Å²) in [6, 6.07) is 17.9. The van der Waals surface area contributed by atoms with Crippen LogP contribution in [0.4, 0.5) is 28.8 Å². The van der Waals surface area contributed by atoms with E-state index in [1.165, 1.54) is 47.9 Å². The summed E-state index contributed by atoms with van der Waals surface area (Å²) in [4.78, 5) is 42.6. The first kappa shape index (κ1) is 31.8. The fourth-order valence-corrected chi connectivity index (χ4v) is 6.22. The lowest BCUT2D eigenvalue weighted by atomic mass is 9.84. The molecule has 5 rings (SSSR count). The number of alkyl halides is 3. The number of ether oxygens (including phenoxy) is 1. The number of carboxylic acids is 1. The molecule has 0 atom stereocenters. The molecule has 1 heterocycles. The smallest absolute Gasteiger partial charge is 0.481 e. The molecule has 45 heavy (non-hydrogen) atoms. The maximum atomic E-state index is 13.7. The first-order valence-corrected chi connectivity index (χ1v) is 15.3. The standard InChI is InChI=1S/C32H31F3N4O5S/c33-32(34,35)44-26-8-4-7-25-28(26)45-30(37-25)38-31(43)39(24-15-13-22(14-16-24)21-5-2-1-3-6-21)19-20-9-11-23(12-10-20)29(42)36-18-17-27(40)41/h4,7-16,21H,1-3,5-6,17-19H2,(H,36,42)(H,40,41)(H,37,38,43). The van der Waals surface area contributed by atoms with E-state index in [0.717, 1.165) is 24.2 Å². The van der Waals surface area contributed by atoms with Crippen molar-refractivity contribution in [3.05, 3.63) is 83.4 Å². The Bertz CT molecular complexity index is 1650. The van der Waals surface area contributed by atoms with Crippen LogP contribution in [0.2, 0.25) is 0 Å². The van der Waals surface area contributed by atoms with Crippen molar-refractivity contribution < 1.29 is 37.4 Å². The van der Waals surface area contributed by atoms with Gasteiger partial charge in [-0.25, -0.2) is 9.78 Å². The molecule has 9 nitrogen and oxygen atoms in total. The van der Waals surface area contributed by atoms with Gasteiger partial charge in [0.15, 0.2) is 5.13 Å². The van der Waals surface area contributed by atoms with Crippen LogP contribution in [0.3, 0.4) is 0 Å². The summed E-state index contributed by atoms with van der Waals surface area (Å²) in [7, 11) is 0. The average molecular weight is 641 g/mol. The third kappa shape index (κ3) is 8.50. The third-order valence-corrected chi connectivity index (χ3v) is 8.53. The van der Waals surface area contributed by atoms with Gasteiger partial charge in [0.05, 0.1) is 23.2 Å². The number of rotatable bonds is 10. The molecule has 0 spiro atoms. The molecular weight excluding hydrogens is 609 g/mol. The predicted octanol–water partition coefficient (Wildman–Crippen LogP) is 7.69. The van der Waals surface area contributed by atoms with Crippen molar-refractivity contribution in [2.75, 3.05) is 16.8 Å². The molecule has 0 unspecified atom stereocenters. The van der Waals surface area contributed by atoms with Crippen molar-refractivity contribution in [2.24, 2.45) is 0 Å². The van der Waals surface area contributed by atoms with Crippen LogP contribution in [0.15, 0.2) is 66.7 Å². The van der Waals surface area contributed by atoms with Crippen LogP contribution in [0.5, 0.6) is 5.75 Å². The van der Waals surface area contributed by atoms with Crippen molar-refractivity contribution in [3.63, 3.8) is 0 Å². The minimum atomic E-state index is -4.88. The Hall–Kier alpha value is -4.65. The van der Waals surface area contributed by atoms with Gasteiger partial charge >= 0.3 is 18.4 Å². The van der Waals surface area contributed by atoms with Crippen LogP contribution in [0.25, 0.3) is 10.2 Å². The summed E-state index contributed by atoms with van der Waals surface area (Å²) < 4.78 is 43.1. The van der Waals surface area contributed by atoms with Crippen molar-refractivity contribution in [3.8, 4) is 5.75 Å². The lowest BCUT2D eigenvalue weighted by molar-refractivity contribution is -0.274. The van der Waals surface area contributed by atoms with E-state index in [0.29, 0.717) is 22.7 Å². The number of anilines is 2. The number of carboxylic acid groups (broad SMARTS) is 1. The Labute approximate surface area is 261 Å². The van der Waals surface area contributed by atoms with Crippen LogP contribution in [0.1, 0.15) is 65.9 Å². The second-order valence-electron chi connectivity index (χ2n) is 10.7. The number of nitrogens with zero attached hydrogens (tertiary/aromatic N) is 2. The third-order valence-electron chi connectivity index (χ3n) is 7.53. The second kappa shape index (κ2) is 14.0. The second-order valence-corrected chi connectivity index (χ2v) is 11.7. The number of hydrogen-bond acceptors (Lipinski definition) is 6. The molecule has 1 aliphatic rings. The van der Waals surface area contributed by atoms with E-state index in [2.05, 4.69) is 20.4 Å². The van der Waals surface area contributed by atoms with Crippen LogP contribution < -0.4 is 20.3 Å². The van der Waals surface area contributed by atoms with Crippen molar-refractivity contribution in [1.82, 2.24) is 10.3 Å². The van der Waals surface area contributed by atoms with Crippen molar-refractivity contribution >= 4 is 50.3 Å². The summed E-state index contributed by atoms with van der Waals surface area (Å²) in [5, 5.41) is 14.2. The number of benzene rings is 3. The van der Waals surface area contributed by atoms with Crippen LogP contribution in [-0.4, -0.2) is 40.9 Å². The van der Waals surface area contributed by atoms with Crippen LogP contribution >= 0.6 is 11.3 Å². The fraction of sp³-hybridized carbons (Fsp3) is 0.312. The summed E-state index contributed by atoms with van der Waals surface area (Å²) >= 11 is 0.870. The SMILES string of the molecule is O=C(O)CCNC(=O)c1ccc(CN(C(=O)Nc2nc3cccc(OC(F)(F)F)c3s2)c2ccc(C3CCCCC3)cc2)cc1. The highest BCUT2D eigenvalue weighted by molar-refractivity contribution is 7.22. The van der Waals surface area contributed by atoms with E-state index in [9.17, 15) is 27.6 Å². The van der Waals surface area contributed by atoms with Gasteiger partial charge in [-0.05, 0) is 66.3 Å². The van der Waals surface area contributed by atoms with Gasteiger partial charge in [0.25, 0.3) is 5.91 Å². The monoisotopic (exact) mass is 640 g/mol. The van der Waals surface area contributed by atoms with Gasteiger partial charge < -0.3 is 15.2 Å². The fourth-order valence-electron chi connectivity index (χ4n) is 5.31. The van der Waals surface area contributed by atoms with E-state index in [-0.39, 0.29) is 34.9 Å². The van der Waals surface area contributed by atoms with Gasteiger partial charge in [-0.1, -0.05) is 60.9 Å². The predicted molar refractivity (Wildman–Crippen MR) is 165 cm³/mol. The summed E-state index contributed by atoms with van der Waals surface area (Å²) in [6.45, 7) is 0.110. The molecule has 4 aromatic rings. The van der Waals surface area contributed by atoms with Crippen LogP contribution in [-0.2, 0) is 11.3 Å². The van der Waals surface area contributed by atoms with Gasteiger partial charge in [-0.15, -0.1) is 13.2 Å². The van der Waals surface area contributed by atoms with Gasteiger partial charge in [0.2, 0.25) is 0 Å². The maximum Gasteiger partial charge on any atom is 0.573 e. The molecule has 3 aromatic carbocycles.